The summed E-state index contributed by atoms with van der Waals surface area (Å²) in [5.41, 5.74) is 6.25. The third kappa shape index (κ3) is 3.43. The molecule has 1 saturated heterocycles. The van der Waals surface area contributed by atoms with Crippen LogP contribution in [0.3, 0.4) is 0 Å². The average molecular weight is 252 g/mol. The van der Waals surface area contributed by atoms with E-state index in [1.807, 2.05) is 6.07 Å². The molecule has 0 saturated carbocycles. The molecule has 1 aliphatic rings. The summed E-state index contributed by atoms with van der Waals surface area (Å²) < 4.78 is 19.3. The van der Waals surface area contributed by atoms with Gasteiger partial charge in [-0.2, -0.15) is 0 Å². The minimum atomic E-state index is -0.317. The second-order valence-electron chi connectivity index (χ2n) is 5.05. The first-order valence-corrected chi connectivity index (χ1v) is 6.49. The number of hydrogen-bond acceptors (Lipinski definition) is 3. The van der Waals surface area contributed by atoms with Gasteiger partial charge < -0.3 is 15.4 Å². The maximum atomic E-state index is 13.7. The number of nitrogens with zero attached hydrogens (tertiary/aromatic N) is 1. The van der Waals surface area contributed by atoms with Gasteiger partial charge in [-0.25, -0.2) is 4.39 Å². The molecule has 0 bridgehead atoms. The molecule has 1 aromatic carbocycles. The highest BCUT2D eigenvalue weighted by molar-refractivity contribution is 5.29. The van der Waals surface area contributed by atoms with E-state index >= 15 is 0 Å². The van der Waals surface area contributed by atoms with Gasteiger partial charge in [0.05, 0.1) is 6.61 Å². The molecule has 2 N–H and O–H groups in total. The lowest BCUT2D eigenvalue weighted by Crippen LogP contribution is -2.34. The van der Waals surface area contributed by atoms with Crippen molar-refractivity contribution in [2.24, 2.45) is 11.7 Å². The summed E-state index contributed by atoms with van der Waals surface area (Å²) in [5.74, 6) is 0.514. The molecule has 1 heterocycles. The first kappa shape index (κ1) is 13.3. The van der Waals surface area contributed by atoms with Crippen LogP contribution in [-0.4, -0.2) is 31.6 Å². The molecule has 0 spiro atoms. The molecule has 1 atom stereocenters. The van der Waals surface area contributed by atoms with E-state index in [4.69, 9.17) is 10.5 Å². The first-order chi connectivity index (χ1) is 8.69. The normalized spacial score (nSPS) is 20.9. The van der Waals surface area contributed by atoms with Gasteiger partial charge in [-0.3, -0.25) is 0 Å². The molecule has 1 unspecified atom stereocenters. The fourth-order valence-electron chi connectivity index (χ4n) is 2.41. The molecule has 1 fully saturated rings. The summed E-state index contributed by atoms with van der Waals surface area (Å²) in [6.45, 7) is 3.12. The zero-order valence-corrected chi connectivity index (χ0v) is 10.9. The smallest absolute Gasteiger partial charge is 0.165 e. The van der Waals surface area contributed by atoms with E-state index in [9.17, 15) is 4.39 Å². The highest BCUT2D eigenvalue weighted by atomic mass is 19.1. The van der Waals surface area contributed by atoms with Crippen LogP contribution < -0.4 is 10.5 Å². The van der Waals surface area contributed by atoms with E-state index < -0.39 is 0 Å². The third-order valence-electron chi connectivity index (χ3n) is 3.43. The lowest BCUT2D eigenvalue weighted by molar-refractivity contribution is 0.147. The van der Waals surface area contributed by atoms with Gasteiger partial charge in [-0.05, 0) is 44.1 Å². The Labute approximate surface area is 108 Å². The lowest BCUT2D eigenvalue weighted by atomic mass is 9.99. The SMILES string of the molecule is CN1CCCC(COc2ccc(CN)cc2F)C1. The van der Waals surface area contributed by atoms with E-state index in [-0.39, 0.29) is 5.82 Å². The van der Waals surface area contributed by atoms with Crippen LogP contribution in [0, 0.1) is 11.7 Å². The molecule has 100 valence electrons. The number of halogens is 1. The van der Waals surface area contributed by atoms with Gasteiger partial charge in [0.25, 0.3) is 0 Å². The van der Waals surface area contributed by atoms with Crippen LogP contribution in [0.5, 0.6) is 5.75 Å². The maximum Gasteiger partial charge on any atom is 0.165 e. The van der Waals surface area contributed by atoms with Crippen molar-refractivity contribution in [3.8, 4) is 5.75 Å². The quantitative estimate of drug-likeness (QED) is 0.891. The topological polar surface area (TPSA) is 38.5 Å². The van der Waals surface area contributed by atoms with Gasteiger partial charge >= 0.3 is 0 Å². The molecule has 2 rings (SSSR count). The molecule has 1 aliphatic heterocycles. The molecule has 0 aliphatic carbocycles. The Kier molecular flexibility index (Phi) is 4.55. The standard InChI is InChI=1S/C14H21FN2O/c1-17-6-2-3-12(9-17)10-18-14-5-4-11(8-16)7-13(14)15/h4-5,7,12H,2-3,6,8-10,16H2,1H3. The predicted molar refractivity (Wildman–Crippen MR) is 70.0 cm³/mol. The number of nitrogens with two attached hydrogens (primary N) is 1. The number of ether oxygens (including phenoxy) is 1. The van der Waals surface area contributed by atoms with Crippen molar-refractivity contribution < 1.29 is 9.13 Å². The molecule has 0 amide bonds. The Balaban J connectivity index is 1.89. The fraction of sp³-hybridized carbons (Fsp3) is 0.571. The van der Waals surface area contributed by atoms with Crippen molar-refractivity contribution >= 4 is 0 Å². The third-order valence-corrected chi connectivity index (χ3v) is 3.43. The van der Waals surface area contributed by atoms with Gasteiger partial charge in [0, 0.05) is 19.0 Å². The van der Waals surface area contributed by atoms with Gasteiger partial charge in [-0.15, -0.1) is 0 Å². The number of likely N-dealkylation sites (tertiary alicyclic amines) is 1. The number of piperidine rings is 1. The van der Waals surface area contributed by atoms with Crippen LogP contribution >= 0.6 is 0 Å². The van der Waals surface area contributed by atoms with Crippen LogP contribution in [0.2, 0.25) is 0 Å². The van der Waals surface area contributed by atoms with E-state index in [1.165, 1.54) is 12.5 Å². The van der Waals surface area contributed by atoms with Crippen LogP contribution in [0.25, 0.3) is 0 Å². The maximum absolute atomic E-state index is 13.7. The molecule has 0 radical (unpaired) electrons. The minimum Gasteiger partial charge on any atom is -0.490 e. The summed E-state index contributed by atoms with van der Waals surface area (Å²) in [5, 5.41) is 0. The van der Waals surface area contributed by atoms with Gasteiger partial charge in [0.2, 0.25) is 0 Å². The van der Waals surface area contributed by atoms with Crippen molar-refractivity contribution in [1.82, 2.24) is 4.90 Å². The summed E-state index contributed by atoms with van der Waals surface area (Å²) in [6.07, 6.45) is 2.35. The zero-order valence-electron chi connectivity index (χ0n) is 10.9. The Morgan fingerprint density at radius 3 is 3.00 bits per heavy atom. The second-order valence-corrected chi connectivity index (χ2v) is 5.05. The highest BCUT2D eigenvalue weighted by Gasteiger charge is 2.18. The highest BCUT2D eigenvalue weighted by Crippen LogP contribution is 2.21. The Morgan fingerprint density at radius 2 is 2.33 bits per heavy atom. The molecule has 18 heavy (non-hydrogen) atoms. The molecular formula is C14H21FN2O. The van der Waals surface area contributed by atoms with Crippen molar-refractivity contribution in [2.45, 2.75) is 19.4 Å². The number of rotatable bonds is 4. The number of benzene rings is 1. The van der Waals surface area contributed by atoms with Gasteiger partial charge in [-0.1, -0.05) is 6.07 Å². The molecule has 0 aromatic heterocycles. The zero-order chi connectivity index (χ0) is 13.0. The van der Waals surface area contributed by atoms with Gasteiger partial charge in [0.15, 0.2) is 11.6 Å². The van der Waals surface area contributed by atoms with E-state index in [1.54, 1.807) is 6.07 Å². The second kappa shape index (κ2) is 6.16. The lowest BCUT2D eigenvalue weighted by Gasteiger charge is -2.29. The van der Waals surface area contributed by atoms with Crippen molar-refractivity contribution in [3.05, 3.63) is 29.6 Å². The largest absolute Gasteiger partial charge is 0.490 e. The van der Waals surface area contributed by atoms with E-state index in [0.717, 1.165) is 25.1 Å². The Hall–Kier alpha value is -1.13. The summed E-state index contributed by atoms with van der Waals surface area (Å²) in [6, 6.07) is 4.93. The van der Waals surface area contributed by atoms with Crippen molar-refractivity contribution in [1.29, 1.82) is 0 Å². The van der Waals surface area contributed by atoms with Crippen LogP contribution in [0.15, 0.2) is 18.2 Å². The molecule has 1 aromatic rings. The fourth-order valence-corrected chi connectivity index (χ4v) is 2.41. The Bertz CT molecular complexity index is 397. The average Bonchev–Trinajstić information content (AvgIpc) is 2.37. The predicted octanol–water partition coefficient (Wildman–Crippen LogP) is 2.00. The number of hydrogen-bond donors (Lipinski definition) is 1. The van der Waals surface area contributed by atoms with E-state index in [0.29, 0.717) is 24.8 Å². The van der Waals surface area contributed by atoms with Crippen LogP contribution in [-0.2, 0) is 6.54 Å². The summed E-state index contributed by atoms with van der Waals surface area (Å²) in [7, 11) is 2.11. The monoisotopic (exact) mass is 252 g/mol. The minimum absolute atomic E-state index is 0.317. The van der Waals surface area contributed by atoms with Crippen molar-refractivity contribution in [3.63, 3.8) is 0 Å². The summed E-state index contributed by atoms with van der Waals surface area (Å²) >= 11 is 0. The first-order valence-electron chi connectivity index (χ1n) is 6.49. The molecule has 4 heteroatoms. The molecular weight excluding hydrogens is 231 g/mol. The molecule has 3 nitrogen and oxygen atoms in total. The summed E-state index contributed by atoms with van der Waals surface area (Å²) in [4.78, 5) is 2.30. The van der Waals surface area contributed by atoms with Crippen LogP contribution in [0.4, 0.5) is 4.39 Å². The van der Waals surface area contributed by atoms with Crippen molar-refractivity contribution in [2.75, 3.05) is 26.7 Å². The van der Waals surface area contributed by atoms with Gasteiger partial charge in [0.1, 0.15) is 0 Å². The van der Waals surface area contributed by atoms with E-state index in [2.05, 4.69) is 11.9 Å². The van der Waals surface area contributed by atoms with Crippen LogP contribution in [0.1, 0.15) is 18.4 Å². The Morgan fingerprint density at radius 1 is 1.50 bits per heavy atom.